The maximum absolute atomic E-state index is 13.8. The summed E-state index contributed by atoms with van der Waals surface area (Å²) in [6.07, 6.45) is -0.0831. The van der Waals surface area contributed by atoms with E-state index in [-0.39, 0.29) is 42.8 Å². The molecule has 0 heterocycles. The molecule has 0 aromatic heterocycles. The highest BCUT2D eigenvalue weighted by molar-refractivity contribution is 7.89. The molecule has 0 unspecified atom stereocenters. The molecule has 0 bridgehead atoms. The van der Waals surface area contributed by atoms with E-state index in [1.54, 1.807) is 0 Å². The Labute approximate surface area is 277 Å². The number of alkyl carbamates (subject to hydrolysis) is 1. The summed E-state index contributed by atoms with van der Waals surface area (Å²) < 4.78 is 34.1. The first-order valence-electron chi connectivity index (χ1n) is 15.7. The number of amides is 2. The molecule has 0 aliphatic rings. The zero-order valence-electron chi connectivity index (χ0n) is 27.3. The fourth-order valence-electron chi connectivity index (χ4n) is 4.97. The maximum atomic E-state index is 13.8. The monoisotopic (exact) mass is 666 g/mol. The quantitative estimate of drug-likeness (QED) is 0.0934. The highest BCUT2D eigenvalue weighted by Crippen LogP contribution is 2.20. The second kappa shape index (κ2) is 18.2. The largest absolute Gasteiger partial charge is 0.445 e. The Balaban J connectivity index is 1.84. The molecular weight excluding hydrogens is 620 g/mol. The van der Waals surface area contributed by atoms with Gasteiger partial charge in [0.25, 0.3) is 0 Å². The van der Waals surface area contributed by atoms with Crippen molar-refractivity contribution < 1.29 is 33.1 Å². The molecule has 3 aromatic rings. The van der Waals surface area contributed by atoms with Crippen molar-refractivity contribution in [3.05, 3.63) is 102 Å². The number of oxime groups is 1. The van der Waals surface area contributed by atoms with E-state index in [1.165, 1.54) is 34.8 Å². The van der Waals surface area contributed by atoms with Crippen LogP contribution in [0.5, 0.6) is 0 Å². The van der Waals surface area contributed by atoms with Crippen molar-refractivity contribution in [3.63, 3.8) is 0 Å². The third-order valence-electron chi connectivity index (χ3n) is 7.76. The summed E-state index contributed by atoms with van der Waals surface area (Å²) in [6, 6.07) is 22.4. The van der Waals surface area contributed by atoms with Crippen molar-refractivity contribution in [1.29, 1.82) is 0 Å². The number of aliphatic hydroxyl groups is 1. The lowest BCUT2D eigenvalue weighted by Gasteiger charge is -2.32. The van der Waals surface area contributed by atoms with E-state index >= 15 is 0 Å². The Bertz CT molecular complexity index is 1540. The number of hydrogen-bond acceptors (Lipinski definition) is 8. The van der Waals surface area contributed by atoms with Crippen LogP contribution in [0.2, 0.25) is 0 Å². The van der Waals surface area contributed by atoms with Crippen LogP contribution in [0.15, 0.2) is 95.0 Å². The third-order valence-corrected chi connectivity index (χ3v) is 9.60. The first-order chi connectivity index (χ1) is 22.4. The molecule has 0 spiro atoms. The van der Waals surface area contributed by atoms with Gasteiger partial charge in [0, 0.05) is 13.1 Å². The van der Waals surface area contributed by atoms with Crippen molar-refractivity contribution in [1.82, 2.24) is 14.9 Å². The molecule has 0 radical (unpaired) electrons. The fraction of sp³-hybridized carbons (Fsp3) is 0.400. The van der Waals surface area contributed by atoms with Gasteiger partial charge in [0.15, 0.2) is 0 Å². The van der Waals surface area contributed by atoms with E-state index < -0.39 is 40.2 Å². The van der Waals surface area contributed by atoms with Gasteiger partial charge in [-0.3, -0.25) is 4.79 Å². The molecule has 2 amide bonds. The highest BCUT2D eigenvalue weighted by atomic mass is 32.2. The third kappa shape index (κ3) is 11.5. The molecule has 47 heavy (non-hydrogen) atoms. The number of rotatable bonds is 17. The molecule has 0 saturated heterocycles. The molecule has 3 aromatic carbocycles. The second-order valence-electron chi connectivity index (χ2n) is 12.0. The Morgan fingerprint density at radius 2 is 1.49 bits per heavy atom. The van der Waals surface area contributed by atoms with Gasteiger partial charge in [-0.15, -0.1) is 0 Å². The van der Waals surface area contributed by atoms with Crippen LogP contribution in [-0.4, -0.2) is 72.5 Å². The molecule has 0 saturated carbocycles. The molecule has 254 valence electrons. The molecule has 4 N–H and O–H groups in total. The van der Waals surface area contributed by atoms with Gasteiger partial charge in [-0.1, -0.05) is 112 Å². The Morgan fingerprint density at radius 3 is 2.04 bits per heavy atom. The normalized spacial score (nSPS) is 14.4. The van der Waals surface area contributed by atoms with Gasteiger partial charge in [0.2, 0.25) is 15.9 Å². The number of ether oxygens (including phenoxy) is 1. The lowest BCUT2D eigenvalue weighted by atomic mass is 9.96. The Hall–Kier alpha value is -4.26. The van der Waals surface area contributed by atoms with E-state index in [0.29, 0.717) is 12.0 Å². The van der Waals surface area contributed by atoms with E-state index in [1.807, 2.05) is 88.4 Å². The van der Waals surface area contributed by atoms with Crippen LogP contribution in [0.1, 0.15) is 50.8 Å². The smallest absolute Gasteiger partial charge is 0.408 e. The number of benzene rings is 3. The summed E-state index contributed by atoms with van der Waals surface area (Å²) in [5, 5.41) is 29.0. The minimum atomic E-state index is -4.06. The van der Waals surface area contributed by atoms with Crippen molar-refractivity contribution in [2.24, 2.45) is 17.0 Å². The van der Waals surface area contributed by atoms with Crippen LogP contribution in [-0.2, 0) is 32.6 Å². The summed E-state index contributed by atoms with van der Waals surface area (Å²) in [6.45, 7) is 7.34. The predicted octanol–water partition coefficient (Wildman–Crippen LogP) is 4.57. The molecule has 0 fully saturated rings. The zero-order valence-corrected chi connectivity index (χ0v) is 28.1. The first kappa shape index (κ1) is 37.2. The predicted molar refractivity (Wildman–Crippen MR) is 181 cm³/mol. The van der Waals surface area contributed by atoms with Gasteiger partial charge in [-0.05, 0) is 47.1 Å². The van der Waals surface area contributed by atoms with Gasteiger partial charge >= 0.3 is 6.09 Å². The minimum Gasteiger partial charge on any atom is -0.445 e. The van der Waals surface area contributed by atoms with Crippen molar-refractivity contribution in [3.8, 4) is 0 Å². The van der Waals surface area contributed by atoms with Crippen molar-refractivity contribution >= 4 is 28.2 Å². The van der Waals surface area contributed by atoms with Gasteiger partial charge in [0.05, 0.1) is 23.3 Å². The number of sulfonamides is 1. The average Bonchev–Trinajstić information content (AvgIpc) is 3.06. The Morgan fingerprint density at radius 1 is 0.894 bits per heavy atom. The maximum Gasteiger partial charge on any atom is 0.408 e. The molecule has 3 rings (SSSR count). The molecule has 0 aliphatic heterocycles. The standard InChI is InChI=1S/C35H46N4O7S/c1-5-26(4)33(38-35(42)46-24-29-14-10-7-11-15-29)34(41)37-31(20-27-12-8-6-9-13-27)32(40)23-39(22-25(2)3)47(44,45)30-18-16-28(17-19-30)21-36-43/h6-19,21,25-26,31-33,40,43H,5,20,22-24H2,1-4H3,(H,37,41)(H,38,42)/b36-21+/t26-,31-,32+,33-/m0/s1. The zero-order chi connectivity index (χ0) is 34.4. The fourth-order valence-corrected chi connectivity index (χ4v) is 6.59. The van der Waals surface area contributed by atoms with Crippen LogP contribution in [0, 0.1) is 11.8 Å². The molecule has 0 aliphatic carbocycles. The number of carbonyl (C=O) groups excluding carboxylic acids is 2. The van der Waals surface area contributed by atoms with Crippen LogP contribution >= 0.6 is 0 Å². The molecule has 11 nitrogen and oxygen atoms in total. The lowest BCUT2D eigenvalue weighted by molar-refractivity contribution is -0.125. The number of nitrogens with zero attached hydrogens (tertiary/aromatic N) is 2. The summed E-state index contributed by atoms with van der Waals surface area (Å²) >= 11 is 0. The van der Waals surface area contributed by atoms with Crippen molar-refractivity contribution in [2.75, 3.05) is 13.1 Å². The number of nitrogens with one attached hydrogen (secondary N) is 2. The van der Waals surface area contributed by atoms with Gasteiger partial charge in [0.1, 0.15) is 12.6 Å². The number of hydrogen-bond donors (Lipinski definition) is 4. The van der Waals surface area contributed by atoms with Gasteiger partial charge in [-0.25, -0.2) is 13.2 Å². The summed E-state index contributed by atoms with van der Waals surface area (Å²) in [7, 11) is -4.06. The summed E-state index contributed by atoms with van der Waals surface area (Å²) in [5.41, 5.74) is 2.14. The molecule has 4 atom stereocenters. The van der Waals surface area contributed by atoms with Gasteiger partial charge < -0.3 is 25.7 Å². The van der Waals surface area contributed by atoms with E-state index in [4.69, 9.17) is 9.94 Å². The number of carbonyl (C=O) groups is 2. The van der Waals surface area contributed by atoms with Crippen LogP contribution in [0.25, 0.3) is 0 Å². The summed E-state index contributed by atoms with van der Waals surface area (Å²) in [4.78, 5) is 26.5. The lowest BCUT2D eigenvalue weighted by Crippen LogP contribution is -2.57. The SMILES string of the molecule is CC[C@H](C)[C@H](NC(=O)OCc1ccccc1)C(=O)N[C@@H](Cc1ccccc1)[C@H](O)CN(CC(C)C)S(=O)(=O)c1ccc(/C=N/O)cc1. The van der Waals surface area contributed by atoms with Crippen LogP contribution in [0.3, 0.4) is 0 Å². The van der Waals surface area contributed by atoms with Crippen LogP contribution < -0.4 is 10.6 Å². The van der Waals surface area contributed by atoms with Gasteiger partial charge in [-0.2, -0.15) is 4.31 Å². The van der Waals surface area contributed by atoms with E-state index in [0.717, 1.165) is 11.1 Å². The highest BCUT2D eigenvalue weighted by Gasteiger charge is 2.34. The topological polar surface area (TPSA) is 158 Å². The second-order valence-corrected chi connectivity index (χ2v) is 13.9. The number of aliphatic hydroxyl groups excluding tert-OH is 1. The van der Waals surface area contributed by atoms with E-state index in [9.17, 15) is 23.1 Å². The summed E-state index contributed by atoms with van der Waals surface area (Å²) in [5.74, 6) is -0.860. The molecule has 12 heteroatoms. The Kier molecular flexibility index (Phi) is 14.4. The average molecular weight is 667 g/mol. The first-order valence-corrected chi connectivity index (χ1v) is 17.2. The van der Waals surface area contributed by atoms with Crippen LogP contribution in [0.4, 0.5) is 4.79 Å². The van der Waals surface area contributed by atoms with Crippen molar-refractivity contribution in [2.45, 2.75) is 70.2 Å². The molecular formula is C35H46N4O7S. The van der Waals surface area contributed by atoms with E-state index in [2.05, 4.69) is 15.8 Å². The minimum absolute atomic E-state index is 0.0131.